The van der Waals surface area contributed by atoms with Crippen molar-refractivity contribution in [3.63, 3.8) is 0 Å². The molecule has 0 heterocycles. The molecule has 0 fully saturated rings. The number of rotatable bonds is 3. The second-order valence-electron chi connectivity index (χ2n) is 5.70. The van der Waals surface area contributed by atoms with E-state index in [0.717, 1.165) is 17.8 Å². The third kappa shape index (κ3) is 2.15. The average molecular weight is 217 g/mol. The van der Waals surface area contributed by atoms with E-state index in [9.17, 15) is 0 Å². The van der Waals surface area contributed by atoms with Crippen LogP contribution in [0.4, 0.5) is 0 Å². The van der Waals surface area contributed by atoms with Crippen molar-refractivity contribution < 1.29 is 0 Å². The van der Waals surface area contributed by atoms with Crippen LogP contribution >= 0.6 is 0 Å². The highest BCUT2D eigenvalue weighted by molar-refractivity contribution is 5.36. The van der Waals surface area contributed by atoms with Crippen LogP contribution in [0, 0.1) is 11.8 Å². The molecule has 1 aliphatic carbocycles. The van der Waals surface area contributed by atoms with E-state index < -0.39 is 0 Å². The Kier molecular flexibility index (Phi) is 3.34. The number of benzene rings is 1. The van der Waals surface area contributed by atoms with Gasteiger partial charge in [-0.15, -0.1) is 0 Å². The van der Waals surface area contributed by atoms with E-state index in [1.165, 1.54) is 13.0 Å². The minimum atomic E-state index is 0.744. The first kappa shape index (κ1) is 11.7. The van der Waals surface area contributed by atoms with Crippen LogP contribution in [-0.4, -0.2) is 25.5 Å². The van der Waals surface area contributed by atoms with Crippen molar-refractivity contribution in [3.05, 3.63) is 35.4 Å². The first-order valence-electron chi connectivity index (χ1n) is 6.32. The normalized spacial score (nSPS) is 24.1. The molecular formula is C15H23N. The van der Waals surface area contributed by atoms with Crippen LogP contribution < -0.4 is 0 Å². The molecule has 0 N–H and O–H groups in total. The summed E-state index contributed by atoms with van der Waals surface area (Å²) in [5.41, 5.74) is 3.18. The summed E-state index contributed by atoms with van der Waals surface area (Å²) in [6.45, 7) is 5.92. The highest BCUT2D eigenvalue weighted by Crippen LogP contribution is 2.42. The lowest BCUT2D eigenvalue weighted by atomic mass is 9.83. The van der Waals surface area contributed by atoms with Crippen molar-refractivity contribution in [3.8, 4) is 0 Å². The molecule has 0 saturated carbocycles. The van der Waals surface area contributed by atoms with Crippen molar-refractivity contribution in [1.82, 2.24) is 4.90 Å². The Morgan fingerprint density at radius 2 is 1.94 bits per heavy atom. The number of hydrogen-bond acceptors (Lipinski definition) is 1. The van der Waals surface area contributed by atoms with Gasteiger partial charge in [-0.2, -0.15) is 0 Å². The molecule has 1 aliphatic rings. The molecule has 2 unspecified atom stereocenters. The second-order valence-corrected chi connectivity index (χ2v) is 5.70. The molecule has 16 heavy (non-hydrogen) atoms. The summed E-state index contributed by atoms with van der Waals surface area (Å²) in [7, 11) is 4.36. The van der Waals surface area contributed by atoms with Gasteiger partial charge in [0.25, 0.3) is 0 Å². The van der Waals surface area contributed by atoms with Crippen molar-refractivity contribution in [2.45, 2.75) is 26.2 Å². The fourth-order valence-electron chi connectivity index (χ4n) is 3.26. The van der Waals surface area contributed by atoms with Gasteiger partial charge in [-0.3, -0.25) is 0 Å². The molecule has 0 aliphatic heterocycles. The molecule has 0 radical (unpaired) electrons. The lowest BCUT2D eigenvalue weighted by molar-refractivity contribution is 0.271. The lowest BCUT2D eigenvalue weighted by Gasteiger charge is -2.26. The zero-order valence-corrected chi connectivity index (χ0v) is 10.9. The van der Waals surface area contributed by atoms with Crippen LogP contribution in [0.25, 0.3) is 0 Å². The molecule has 2 rings (SSSR count). The van der Waals surface area contributed by atoms with Gasteiger partial charge in [0.2, 0.25) is 0 Å². The van der Waals surface area contributed by atoms with E-state index in [1.54, 1.807) is 11.1 Å². The van der Waals surface area contributed by atoms with Crippen LogP contribution in [0.2, 0.25) is 0 Å². The summed E-state index contributed by atoms with van der Waals surface area (Å²) in [6.07, 6.45) is 1.26. The van der Waals surface area contributed by atoms with Crippen LogP contribution in [-0.2, 0) is 6.42 Å². The highest BCUT2D eigenvalue weighted by atomic mass is 15.1. The van der Waals surface area contributed by atoms with Gasteiger partial charge >= 0.3 is 0 Å². The maximum absolute atomic E-state index is 2.36. The summed E-state index contributed by atoms with van der Waals surface area (Å²) in [6, 6.07) is 9.00. The Morgan fingerprint density at radius 1 is 1.25 bits per heavy atom. The summed E-state index contributed by atoms with van der Waals surface area (Å²) in [4.78, 5) is 2.33. The molecule has 1 aromatic rings. The van der Waals surface area contributed by atoms with Crippen molar-refractivity contribution in [1.29, 1.82) is 0 Å². The van der Waals surface area contributed by atoms with Gasteiger partial charge < -0.3 is 4.90 Å². The number of nitrogens with zero attached hydrogens (tertiary/aromatic N) is 1. The highest BCUT2D eigenvalue weighted by Gasteiger charge is 2.33. The lowest BCUT2D eigenvalue weighted by Crippen LogP contribution is -2.26. The Labute approximate surface area is 99.5 Å². The summed E-state index contributed by atoms with van der Waals surface area (Å²) in [5, 5.41) is 0. The van der Waals surface area contributed by atoms with Crippen LogP contribution in [0.5, 0.6) is 0 Å². The molecule has 2 atom stereocenters. The van der Waals surface area contributed by atoms with Crippen LogP contribution in [0.15, 0.2) is 24.3 Å². The minimum absolute atomic E-state index is 0.744. The van der Waals surface area contributed by atoms with Crippen molar-refractivity contribution >= 4 is 0 Å². The number of fused-ring (bicyclic) bond motifs is 1. The third-order valence-corrected chi connectivity index (χ3v) is 3.72. The van der Waals surface area contributed by atoms with E-state index in [-0.39, 0.29) is 0 Å². The molecule has 0 spiro atoms. The fraction of sp³-hybridized carbons (Fsp3) is 0.600. The molecule has 0 amide bonds. The monoisotopic (exact) mass is 217 g/mol. The first-order valence-corrected chi connectivity index (χ1v) is 6.32. The van der Waals surface area contributed by atoms with Gasteiger partial charge in [0.15, 0.2) is 0 Å². The van der Waals surface area contributed by atoms with Gasteiger partial charge in [0, 0.05) is 6.54 Å². The van der Waals surface area contributed by atoms with E-state index in [4.69, 9.17) is 0 Å². The average Bonchev–Trinajstić information content (AvgIpc) is 2.53. The zero-order valence-electron chi connectivity index (χ0n) is 10.9. The Hall–Kier alpha value is -0.820. The molecule has 1 nitrogen and oxygen atoms in total. The van der Waals surface area contributed by atoms with Crippen LogP contribution in [0.3, 0.4) is 0 Å². The standard InChI is InChI=1S/C15H23N/c1-11(2)15-13(10-16(3)4)9-12-7-5-6-8-14(12)15/h5-8,11,13,15H,9-10H2,1-4H3. The number of hydrogen-bond donors (Lipinski definition) is 0. The second kappa shape index (κ2) is 4.58. The molecule has 88 valence electrons. The van der Waals surface area contributed by atoms with Gasteiger partial charge in [-0.1, -0.05) is 38.1 Å². The SMILES string of the molecule is CC(C)C1c2ccccc2CC1CN(C)C. The van der Waals surface area contributed by atoms with Gasteiger partial charge in [-0.05, 0) is 49.4 Å². The predicted molar refractivity (Wildman–Crippen MR) is 69.8 cm³/mol. The maximum Gasteiger partial charge on any atom is 0.00127 e. The Morgan fingerprint density at radius 3 is 2.56 bits per heavy atom. The molecule has 0 aromatic heterocycles. The van der Waals surface area contributed by atoms with Crippen molar-refractivity contribution in [2.24, 2.45) is 11.8 Å². The van der Waals surface area contributed by atoms with E-state index in [0.29, 0.717) is 0 Å². The van der Waals surface area contributed by atoms with Gasteiger partial charge in [0.1, 0.15) is 0 Å². The van der Waals surface area contributed by atoms with E-state index in [2.05, 4.69) is 57.1 Å². The van der Waals surface area contributed by atoms with Crippen LogP contribution in [0.1, 0.15) is 30.9 Å². The maximum atomic E-state index is 2.36. The predicted octanol–water partition coefficient (Wildman–Crippen LogP) is 3.16. The molecule has 1 aromatic carbocycles. The summed E-state index contributed by atoms with van der Waals surface area (Å²) >= 11 is 0. The zero-order chi connectivity index (χ0) is 11.7. The summed E-state index contributed by atoms with van der Waals surface area (Å²) < 4.78 is 0. The third-order valence-electron chi connectivity index (χ3n) is 3.72. The molecule has 0 bridgehead atoms. The Bertz CT molecular complexity index is 354. The fourth-order valence-corrected chi connectivity index (χ4v) is 3.26. The Balaban J connectivity index is 2.26. The molecule has 0 saturated heterocycles. The van der Waals surface area contributed by atoms with Gasteiger partial charge in [0.05, 0.1) is 0 Å². The van der Waals surface area contributed by atoms with E-state index >= 15 is 0 Å². The van der Waals surface area contributed by atoms with Crippen molar-refractivity contribution in [2.75, 3.05) is 20.6 Å². The molecular weight excluding hydrogens is 194 g/mol. The largest absolute Gasteiger partial charge is 0.309 e. The van der Waals surface area contributed by atoms with Gasteiger partial charge in [-0.25, -0.2) is 0 Å². The quantitative estimate of drug-likeness (QED) is 0.751. The smallest absolute Gasteiger partial charge is 0.00127 e. The first-order chi connectivity index (χ1) is 7.59. The summed E-state index contributed by atoms with van der Waals surface area (Å²) in [5.74, 6) is 2.29. The molecule has 1 heteroatoms. The van der Waals surface area contributed by atoms with E-state index in [1.807, 2.05) is 0 Å². The minimum Gasteiger partial charge on any atom is -0.309 e. The topological polar surface area (TPSA) is 3.24 Å².